The summed E-state index contributed by atoms with van der Waals surface area (Å²) in [6, 6.07) is 17.4. The highest BCUT2D eigenvalue weighted by atomic mass is 16.1. The van der Waals surface area contributed by atoms with Crippen molar-refractivity contribution in [3.05, 3.63) is 72.0 Å². The van der Waals surface area contributed by atoms with Gasteiger partial charge in [0.15, 0.2) is 0 Å². The molecule has 1 aliphatic rings. The second kappa shape index (κ2) is 5.77. The quantitative estimate of drug-likeness (QED) is 0.578. The Kier molecular flexibility index (Phi) is 3.28. The molecule has 0 unspecified atom stereocenters. The molecular weight excluding hydrogens is 326 g/mol. The number of amides is 1. The smallest absolute Gasteiger partial charge is 0.281 e. The van der Waals surface area contributed by atoms with E-state index in [-0.39, 0.29) is 5.91 Å². The van der Waals surface area contributed by atoms with Crippen molar-refractivity contribution in [2.75, 3.05) is 11.9 Å². The topological polar surface area (TPSA) is 72.2 Å². The van der Waals surface area contributed by atoms with Crippen LogP contribution in [-0.4, -0.2) is 27.0 Å². The number of nitrogens with one attached hydrogen (secondary N) is 1. The van der Waals surface area contributed by atoms with Gasteiger partial charge in [0.25, 0.3) is 5.91 Å². The van der Waals surface area contributed by atoms with Gasteiger partial charge in [0.1, 0.15) is 5.82 Å². The van der Waals surface area contributed by atoms with Gasteiger partial charge >= 0.3 is 0 Å². The highest BCUT2D eigenvalue weighted by molar-refractivity contribution is 5.98. The molecule has 126 valence electrons. The fourth-order valence-electron chi connectivity index (χ4n) is 3.30. The second-order valence-corrected chi connectivity index (χ2v) is 6.19. The molecule has 2 aromatic carbocycles. The average molecular weight is 341 g/mol. The molecule has 6 nitrogen and oxygen atoms in total. The molecule has 5 rings (SSSR count). The third-order valence-electron chi connectivity index (χ3n) is 4.56. The van der Waals surface area contributed by atoms with Gasteiger partial charge in [0, 0.05) is 30.1 Å². The van der Waals surface area contributed by atoms with E-state index >= 15 is 0 Å². The summed E-state index contributed by atoms with van der Waals surface area (Å²) in [4.78, 5) is 25.9. The van der Waals surface area contributed by atoms with E-state index in [0.29, 0.717) is 11.2 Å². The summed E-state index contributed by atoms with van der Waals surface area (Å²) in [6.45, 7) is 1.53. The van der Waals surface area contributed by atoms with Crippen LogP contribution in [0.1, 0.15) is 10.4 Å². The highest BCUT2D eigenvalue weighted by Gasteiger charge is 2.16. The fraction of sp³-hybridized carbons (Fsp3) is 0.100. The number of nitrogens with zero attached hydrogens (tertiary/aromatic N) is 4. The average Bonchev–Trinajstić information content (AvgIpc) is 3.18. The second-order valence-electron chi connectivity index (χ2n) is 6.19. The first-order valence-corrected chi connectivity index (χ1v) is 8.47. The summed E-state index contributed by atoms with van der Waals surface area (Å²) < 4.78 is 1.95. The SMILES string of the molecule is O=C(N=c1nc2ccccc2c2n1CCN2)c1cnc2ccccc2c1. The molecule has 0 fully saturated rings. The molecule has 1 amide bonds. The maximum absolute atomic E-state index is 12.7. The van der Waals surface area contributed by atoms with Crippen LogP contribution in [0.5, 0.6) is 0 Å². The minimum atomic E-state index is -0.340. The van der Waals surface area contributed by atoms with Crippen LogP contribution in [0.2, 0.25) is 0 Å². The van der Waals surface area contributed by atoms with Crippen molar-refractivity contribution < 1.29 is 4.79 Å². The predicted molar refractivity (Wildman–Crippen MR) is 99.9 cm³/mol. The van der Waals surface area contributed by atoms with Crippen LogP contribution in [0.4, 0.5) is 5.82 Å². The molecule has 3 heterocycles. The molecule has 4 aromatic rings. The Balaban J connectivity index is 1.67. The Labute approximate surface area is 148 Å². The lowest BCUT2D eigenvalue weighted by atomic mass is 10.1. The van der Waals surface area contributed by atoms with Gasteiger partial charge in [-0.05, 0) is 24.3 Å². The minimum Gasteiger partial charge on any atom is -0.369 e. The number of carbonyl (C=O) groups excluding carboxylic acids is 1. The van der Waals surface area contributed by atoms with Crippen molar-refractivity contribution in [3.63, 3.8) is 0 Å². The number of rotatable bonds is 1. The number of anilines is 1. The van der Waals surface area contributed by atoms with E-state index < -0.39 is 0 Å². The first-order chi connectivity index (χ1) is 12.8. The molecule has 0 spiro atoms. The van der Waals surface area contributed by atoms with Gasteiger partial charge in [-0.3, -0.25) is 14.3 Å². The number of para-hydroxylation sites is 2. The number of hydrogen-bond donors (Lipinski definition) is 1. The molecule has 0 saturated carbocycles. The first-order valence-electron chi connectivity index (χ1n) is 8.47. The van der Waals surface area contributed by atoms with Crippen LogP contribution in [0.15, 0.2) is 65.8 Å². The molecule has 0 aliphatic carbocycles. The lowest BCUT2D eigenvalue weighted by molar-refractivity contribution is 0.0996. The van der Waals surface area contributed by atoms with Crippen molar-refractivity contribution in [2.45, 2.75) is 6.54 Å². The maximum Gasteiger partial charge on any atom is 0.281 e. The highest BCUT2D eigenvalue weighted by Crippen LogP contribution is 2.22. The molecule has 1 aliphatic heterocycles. The van der Waals surface area contributed by atoms with Gasteiger partial charge < -0.3 is 5.32 Å². The minimum absolute atomic E-state index is 0.340. The van der Waals surface area contributed by atoms with Gasteiger partial charge in [0.05, 0.1) is 16.6 Å². The van der Waals surface area contributed by atoms with Crippen LogP contribution in [-0.2, 0) is 6.54 Å². The zero-order valence-corrected chi connectivity index (χ0v) is 13.9. The summed E-state index contributed by atoms with van der Waals surface area (Å²) in [7, 11) is 0. The Morgan fingerprint density at radius 2 is 1.88 bits per heavy atom. The van der Waals surface area contributed by atoms with Crippen LogP contribution < -0.4 is 10.9 Å². The molecule has 0 saturated heterocycles. The van der Waals surface area contributed by atoms with Gasteiger partial charge in [-0.25, -0.2) is 4.98 Å². The summed E-state index contributed by atoms with van der Waals surface area (Å²) in [5.74, 6) is 0.617. The van der Waals surface area contributed by atoms with Crippen LogP contribution in [0, 0.1) is 0 Å². The van der Waals surface area contributed by atoms with E-state index in [9.17, 15) is 4.79 Å². The Morgan fingerprint density at radius 3 is 2.81 bits per heavy atom. The monoisotopic (exact) mass is 341 g/mol. The van der Waals surface area contributed by atoms with Gasteiger partial charge in [0.2, 0.25) is 5.62 Å². The summed E-state index contributed by atoms with van der Waals surface area (Å²) in [6.07, 6.45) is 1.57. The Hall–Kier alpha value is -3.54. The predicted octanol–water partition coefficient (Wildman–Crippen LogP) is 2.75. The largest absolute Gasteiger partial charge is 0.369 e. The molecule has 26 heavy (non-hydrogen) atoms. The first kappa shape index (κ1) is 14.8. The molecule has 1 N–H and O–H groups in total. The molecule has 2 aromatic heterocycles. The van der Waals surface area contributed by atoms with E-state index in [4.69, 9.17) is 0 Å². The van der Waals surface area contributed by atoms with Crippen molar-refractivity contribution in [3.8, 4) is 0 Å². The van der Waals surface area contributed by atoms with E-state index in [1.165, 1.54) is 0 Å². The zero-order chi connectivity index (χ0) is 17.5. The van der Waals surface area contributed by atoms with E-state index in [0.717, 1.165) is 40.7 Å². The summed E-state index contributed by atoms with van der Waals surface area (Å²) in [5.41, 5.74) is 2.55. The molecule has 6 heteroatoms. The lowest BCUT2D eigenvalue weighted by Crippen LogP contribution is -2.24. The van der Waals surface area contributed by atoms with Crippen molar-refractivity contribution >= 4 is 33.5 Å². The van der Waals surface area contributed by atoms with E-state index in [1.54, 1.807) is 6.20 Å². The summed E-state index contributed by atoms with van der Waals surface area (Å²) in [5, 5.41) is 5.31. The number of benzene rings is 2. The number of pyridine rings is 1. The van der Waals surface area contributed by atoms with Gasteiger partial charge in [-0.1, -0.05) is 30.3 Å². The maximum atomic E-state index is 12.7. The number of hydrogen-bond acceptors (Lipinski definition) is 4. The summed E-state index contributed by atoms with van der Waals surface area (Å²) >= 11 is 0. The zero-order valence-electron chi connectivity index (χ0n) is 13.9. The van der Waals surface area contributed by atoms with Crippen LogP contribution in [0.25, 0.3) is 21.8 Å². The standard InChI is InChI=1S/C20H15N5O/c26-19(14-11-13-5-1-3-7-16(13)22-12-14)24-20-23-17-8-4-2-6-15(17)18-21-9-10-25(18)20/h1-8,11-12,21H,9-10H2. The lowest BCUT2D eigenvalue weighted by Gasteiger charge is -2.07. The normalized spacial score (nSPS) is 13.8. The third kappa shape index (κ3) is 2.35. The third-order valence-corrected chi connectivity index (χ3v) is 4.56. The van der Waals surface area contributed by atoms with E-state index in [2.05, 4.69) is 20.3 Å². The van der Waals surface area contributed by atoms with Gasteiger partial charge in [-0.15, -0.1) is 0 Å². The number of carbonyl (C=O) groups is 1. The molecular formula is C20H15N5O. The van der Waals surface area contributed by atoms with Crippen LogP contribution in [0.3, 0.4) is 0 Å². The molecule has 0 atom stereocenters. The van der Waals surface area contributed by atoms with Crippen molar-refractivity contribution in [1.29, 1.82) is 0 Å². The molecule has 0 bridgehead atoms. The van der Waals surface area contributed by atoms with Crippen LogP contribution >= 0.6 is 0 Å². The number of aromatic nitrogens is 3. The van der Waals surface area contributed by atoms with Crippen molar-refractivity contribution in [2.24, 2.45) is 4.99 Å². The Morgan fingerprint density at radius 1 is 1.08 bits per heavy atom. The number of fused-ring (bicyclic) bond motifs is 4. The van der Waals surface area contributed by atoms with E-state index in [1.807, 2.05) is 59.2 Å². The van der Waals surface area contributed by atoms with Gasteiger partial charge in [-0.2, -0.15) is 4.99 Å². The molecule has 0 radical (unpaired) electrons. The Bertz CT molecular complexity index is 1240. The fourth-order valence-corrected chi connectivity index (χ4v) is 3.30. The van der Waals surface area contributed by atoms with Crippen molar-refractivity contribution in [1.82, 2.24) is 14.5 Å².